The second-order valence-electron chi connectivity index (χ2n) is 6.02. The number of benzene rings is 1. The van der Waals surface area contributed by atoms with E-state index in [0.29, 0.717) is 6.42 Å². The summed E-state index contributed by atoms with van der Waals surface area (Å²) < 4.78 is 0. The van der Waals surface area contributed by atoms with E-state index in [4.69, 9.17) is 0 Å². The molecule has 0 amide bonds. The average Bonchev–Trinajstić information content (AvgIpc) is 2.49. The fraction of sp³-hybridized carbons (Fsp3) is 0.389. The molecule has 0 aliphatic carbocycles. The van der Waals surface area contributed by atoms with Crippen LogP contribution < -0.4 is 0 Å². The summed E-state index contributed by atoms with van der Waals surface area (Å²) in [5, 5.41) is 10.9. The predicted octanol–water partition coefficient (Wildman–Crippen LogP) is 2.65. The number of hydrogen-bond acceptors (Lipinski definition) is 3. The number of piperidine rings is 1. The monoisotopic (exact) mass is 282 g/mol. The Kier molecular flexibility index (Phi) is 4.32. The Hall–Kier alpha value is -1.71. The van der Waals surface area contributed by atoms with Gasteiger partial charge in [-0.05, 0) is 37.1 Å². The fourth-order valence-corrected chi connectivity index (χ4v) is 3.17. The Morgan fingerprint density at radius 1 is 1.10 bits per heavy atom. The minimum atomic E-state index is -0.651. The van der Waals surface area contributed by atoms with Crippen molar-refractivity contribution >= 4 is 0 Å². The first-order chi connectivity index (χ1) is 10.2. The van der Waals surface area contributed by atoms with Crippen LogP contribution in [-0.4, -0.2) is 33.7 Å². The molecule has 3 heteroatoms. The first-order valence-corrected chi connectivity index (χ1v) is 7.62. The molecule has 1 aliphatic rings. The van der Waals surface area contributed by atoms with Crippen molar-refractivity contribution < 1.29 is 5.11 Å². The molecule has 1 aromatic heterocycles. The Labute approximate surface area is 126 Å². The van der Waals surface area contributed by atoms with Gasteiger partial charge in [-0.1, -0.05) is 36.4 Å². The van der Waals surface area contributed by atoms with Gasteiger partial charge in [-0.25, -0.2) is 0 Å². The van der Waals surface area contributed by atoms with Crippen molar-refractivity contribution in [3.63, 3.8) is 0 Å². The Morgan fingerprint density at radius 2 is 1.90 bits per heavy atom. The van der Waals surface area contributed by atoms with E-state index in [2.05, 4.69) is 34.1 Å². The highest BCUT2D eigenvalue weighted by atomic mass is 16.3. The Morgan fingerprint density at radius 3 is 2.67 bits per heavy atom. The minimum absolute atomic E-state index is 0.638. The van der Waals surface area contributed by atoms with E-state index < -0.39 is 5.60 Å². The van der Waals surface area contributed by atoms with Crippen molar-refractivity contribution in [2.75, 3.05) is 13.1 Å². The summed E-state index contributed by atoms with van der Waals surface area (Å²) >= 11 is 0. The van der Waals surface area contributed by atoms with Gasteiger partial charge in [0.15, 0.2) is 0 Å². The maximum absolute atomic E-state index is 10.9. The number of aliphatic hydroxyl groups is 1. The van der Waals surface area contributed by atoms with Gasteiger partial charge in [-0.3, -0.25) is 9.88 Å². The number of rotatable bonds is 4. The second kappa shape index (κ2) is 6.37. The molecule has 0 bridgehead atoms. The van der Waals surface area contributed by atoms with E-state index in [9.17, 15) is 5.11 Å². The number of β-amino-alcohol motifs (C(OH)–C–C–N with tert-alkyl or cyclic N) is 1. The first-order valence-electron chi connectivity index (χ1n) is 7.62. The molecular formula is C18H22N2O. The molecule has 3 nitrogen and oxygen atoms in total. The molecule has 1 N–H and O–H groups in total. The number of pyridine rings is 1. The molecule has 110 valence electrons. The quantitative estimate of drug-likeness (QED) is 0.936. The summed E-state index contributed by atoms with van der Waals surface area (Å²) in [7, 11) is 0. The summed E-state index contributed by atoms with van der Waals surface area (Å²) in [6.45, 7) is 2.68. The summed E-state index contributed by atoms with van der Waals surface area (Å²) in [5.74, 6) is 0. The van der Waals surface area contributed by atoms with Crippen LogP contribution >= 0.6 is 0 Å². The number of aromatic nitrogens is 1. The van der Waals surface area contributed by atoms with E-state index in [-0.39, 0.29) is 0 Å². The van der Waals surface area contributed by atoms with Gasteiger partial charge in [0.2, 0.25) is 0 Å². The van der Waals surface area contributed by atoms with Crippen LogP contribution in [0.15, 0.2) is 54.7 Å². The maximum atomic E-state index is 10.9. The molecule has 1 atom stereocenters. The molecule has 1 aliphatic heterocycles. The van der Waals surface area contributed by atoms with Crippen LogP contribution in [0.5, 0.6) is 0 Å². The molecule has 3 rings (SSSR count). The van der Waals surface area contributed by atoms with Gasteiger partial charge in [-0.15, -0.1) is 0 Å². The summed E-state index contributed by atoms with van der Waals surface area (Å²) in [6, 6.07) is 16.4. The van der Waals surface area contributed by atoms with Crippen molar-refractivity contribution in [2.45, 2.75) is 31.4 Å². The third-order valence-corrected chi connectivity index (χ3v) is 4.12. The zero-order valence-corrected chi connectivity index (χ0v) is 12.3. The van der Waals surface area contributed by atoms with Crippen molar-refractivity contribution in [1.29, 1.82) is 0 Å². The van der Waals surface area contributed by atoms with Gasteiger partial charge in [0.25, 0.3) is 0 Å². The van der Waals surface area contributed by atoms with Gasteiger partial charge in [0.05, 0.1) is 5.60 Å². The molecule has 2 aromatic rings. The topological polar surface area (TPSA) is 36.4 Å². The van der Waals surface area contributed by atoms with E-state index in [1.54, 1.807) is 6.20 Å². The van der Waals surface area contributed by atoms with Gasteiger partial charge in [0, 0.05) is 31.4 Å². The van der Waals surface area contributed by atoms with Gasteiger partial charge in [0.1, 0.15) is 0 Å². The standard InChI is InChI=1S/C18H22N2O/c21-18(13-17-9-4-5-11-19-17)10-6-12-20(15-18)14-16-7-2-1-3-8-16/h1-5,7-9,11,21H,6,10,12-15H2. The van der Waals surface area contributed by atoms with Gasteiger partial charge >= 0.3 is 0 Å². The van der Waals surface area contributed by atoms with E-state index >= 15 is 0 Å². The van der Waals surface area contributed by atoms with Crippen LogP contribution in [0.1, 0.15) is 24.1 Å². The van der Waals surface area contributed by atoms with Crippen molar-refractivity contribution in [3.8, 4) is 0 Å². The molecule has 1 saturated heterocycles. The highest BCUT2D eigenvalue weighted by Crippen LogP contribution is 2.25. The highest BCUT2D eigenvalue weighted by Gasteiger charge is 2.33. The molecule has 0 radical (unpaired) electrons. The van der Waals surface area contributed by atoms with Crippen molar-refractivity contribution in [1.82, 2.24) is 9.88 Å². The maximum Gasteiger partial charge on any atom is 0.0829 e. The van der Waals surface area contributed by atoms with Crippen molar-refractivity contribution in [3.05, 3.63) is 66.0 Å². The SMILES string of the molecule is OC1(Cc2ccccn2)CCCN(Cc2ccccc2)C1. The summed E-state index contributed by atoms with van der Waals surface area (Å²) in [5.41, 5.74) is 1.63. The summed E-state index contributed by atoms with van der Waals surface area (Å²) in [6.07, 6.45) is 4.33. The molecule has 0 spiro atoms. The lowest BCUT2D eigenvalue weighted by molar-refractivity contribution is -0.0333. The van der Waals surface area contributed by atoms with Crippen LogP contribution in [0.2, 0.25) is 0 Å². The predicted molar refractivity (Wildman–Crippen MR) is 83.8 cm³/mol. The largest absolute Gasteiger partial charge is 0.388 e. The third kappa shape index (κ3) is 3.90. The Balaban J connectivity index is 1.64. The lowest BCUT2D eigenvalue weighted by Gasteiger charge is -2.39. The lowest BCUT2D eigenvalue weighted by atomic mass is 9.88. The zero-order valence-electron chi connectivity index (χ0n) is 12.3. The number of nitrogens with zero attached hydrogens (tertiary/aromatic N) is 2. The molecule has 21 heavy (non-hydrogen) atoms. The second-order valence-corrected chi connectivity index (χ2v) is 6.02. The van der Waals surface area contributed by atoms with E-state index in [0.717, 1.165) is 38.2 Å². The number of hydrogen-bond donors (Lipinski definition) is 1. The van der Waals surface area contributed by atoms with Gasteiger partial charge in [-0.2, -0.15) is 0 Å². The first kappa shape index (κ1) is 14.2. The smallest absolute Gasteiger partial charge is 0.0829 e. The molecule has 1 unspecified atom stereocenters. The van der Waals surface area contributed by atoms with Gasteiger partial charge < -0.3 is 5.11 Å². The third-order valence-electron chi connectivity index (χ3n) is 4.12. The van der Waals surface area contributed by atoms with Crippen LogP contribution in [0, 0.1) is 0 Å². The molecule has 0 saturated carbocycles. The van der Waals surface area contributed by atoms with Crippen molar-refractivity contribution in [2.24, 2.45) is 0 Å². The Bertz CT molecular complexity index is 558. The average molecular weight is 282 g/mol. The molecule has 2 heterocycles. The van der Waals surface area contributed by atoms with Crippen LogP contribution in [0.25, 0.3) is 0 Å². The van der Waals surface area contributed by atoms with Crippen LogP contribution in [0.4, 0.5) is 0 Å². The lowest BCUT2D eigenvalue weighted by Crippen LogP contribution is -2.49. The minimum Gasteiger partial charge on any atom is -0.388 e. The zero-order chi connectivity index (χ0) is 14.5. The van der Waals surface area contributed by atoms with Crippen LogP contribution in [-0.2, 0) is 13.0 Å². The molecule has 1 aromatic carbocycles. The summed E-state index contributed by atoms with van der Waals surface area (Å²) in [4.78, 5) is 6.70. The normalized spacial score (nSPS) is 23.1. The van der Waals surface area contributed by atoms with Crippen LogP contribution in [0.3, 0.4) is 0 Å². The fourth-order valence-electron chi connectivity index (χ4n) is 3.17. The number of likely N-dealkylation sites (tertiary alicyclic amines) is 1. The molecular weight excluding hydrogens is 260 g/mol. The van der Waals surface area contributed by atoms with E-state index in [1.807, 2.05) is 24.3 Å². The van der Waals surface area contributed by atoms with E-state index in [1.165, 1.54) is 5.56 Å². The highest BCUT2D eigenvalue weighted by molar-refractivity contribution is 5.15. The molecule has 1 fully saturated rings.